The zero-order valence-electron chi connectivity index (χ0n) is 12.5. The number of hydrogen-bond donors (Lipinski definition) is 1. The number of hydrogen-bond acceptors (Lipinski definition) is 3. The Morgan fingerprint density at radius 2 is 1.90 bits per heavy atom. The lowest BCUT2D eigenvalue weighted by molar-refractivity contribution is 0.414. The maximum atomic E-state index is 8.90. The van der Waals surface area contributed by atoms with Crippen molar-refractivity contribution in [2.24, 2.45) is 0 Å². The highest BCUT2D eigenvalue weighted by Gasteiger charge is 2.04. The Morgan fingerprint density at radius 1 is 1.14 bits per heavy atom. The van der Waals surface area contributed by atoms with Crippen LogP contribution in [0.25, 0.3) is 0 Å². The third-order valence-electron chi connectivity index (χ3n) is 3.41. The van der Waals surface area contributed by atoms with E-state index in [1.807, 2.05) is 36.4 Å². The molecule has 2 aromatic rings. The predicted molar refractivity (Wildman–Crippen MR) is 84.2 cm³/mol. The van der Waals surface area contributed by atoms with Gasteiger partial charge in [0.1, 0.15) is 5.75 Å². The first-order valence-electron chi connectivity index (χ1n) is 7.06. The summed E-state index contributed by atoms with van der Waals surface area (Å²) in [7, 11) is 1.68. The van der Waals surface area contributed by atoms with Crippen molar-refractivity contribution in [3.8, 4) is 11.8 Å². The van der Waals surface area contributed by atoms with Crippen LogP contribution in [0, 0.1) is 11.3 Å². The third-order valence-corrected chi connectivity index (χ3v) is 3.41. The van der Waals surface area contributed by atoms with E-state index in [0.717, 1.165) is 24.3 Å². The lowest BCUT2D eigenvalue weighted by Gasteiger charge is -2.14. The van der Waals surface area contributed by atoms with E-state index < -0.39 is 0 Å². The van der Waals surface area contributed by atoms with Gasteiger partial charge in [-0.25, -0.2) is 0 Å². The Bertz CT molecular complexity index is 614. The van der Waals surface area contributed by atoms with Gasteiger partial charge in [-0.3, -0.25) is 0 Å². The number of benzene rings is 2. The number of ether oxygens (including phenoxy) is 1. The lowest BCUT2D eigenvalue weighted by atomic mass is 10.1. The first kappa shape index (κ1) is 15.1. The van der Waals surface area contributed by atoms with Gasteiger partial charge in [-0.1, -0.05) is 24.3 Å². The van der Waals surface area contributed by atoms with Crippen LogP contribution in [0.3, 0.4) is 0 Å². The van der Waals surface area contributed by atoms with E-state index in [0.29, 0.717) is 11.6 Å². The maximum absolute atomic E-state index is 8.90. The Balaban J connectivity index is 1.86. The second-order valence-corrected chi connectivity index (χ2v) is 5.15. The summed E-state index contributed by atoms with van der Waals surface area (Å²) in [4.78, 5) is 0. The van der Waals surface area contributed by atoms with Gasteiger partial charge in [-0.2, -0.15) is 5.26 Å². The van der Waals surface area contributed by atoms with Crippen LogP contribution in [0.15, 0.2) is 48.5 Å². The predicted octanol–water partition coefficient (Wildman–Crippen LogP) is 3.29. The molecule has 108 valence electrons. The molecule has 0 aromatic heterocycles. The van der Waals surface area contributed by atoms with Crippen LogP contribution in [0.2, 0.25) is 0 Å². The summed E-state index contributed by atoms with van der Waals surface area (Å²) >= 11 is 0. The summed E-state index contributed by atoms with van der Waals surface area (Å²) in [6.45, 7) is 2.94. The van der Waals surface area contributed by atoms with Gasteiger partial charge < -0.3 is 10.1 Å². The summed E-state index contributed by atoms with van der Waals surface area (Å²) in [5, 5.41) is 12.4. The Morgan fingerprint density at radius 3 is 2.57 bits per heavy atom. The molecule has 2 aromatic carbocycles. The molecule has 0 heterocycles. The summed E-state index contributed by atoms with van der Waals surface area (Å²) in [6.07, 6.45) is 0.960. The molecule has 0 fully saturated rings. The van der Waals surface area contributed by atoms with Crippen LogP contribution in [0.1, 0.15) is 23.6 Å². The third kappa shape index (κ3) is 4.62. The van der Waals surface area contributed by atoms with Crippen LogP contribution < -0.4 is 10.1 Å². The molecule has 0 saturated heterocycles. The SMILES string of the molecule is COc1ccc(CC(C)NCc2cccc(C#N)c2)cc1. The molecule has 3 heteroatoms. The van der Waals surface area contributed by atoms with Crippen molar-refractivity contribution in [2.45, 2.75) is 25.9 Å². The van der Waals surface area contributed by atoms with Gasteiger partial charge >= 0.3 is 0 Å². The molecule has 0 radical (unpaired) electrons. The van der Waals surface area contributed by atoms with Crippen LogP contribution in [-0.4, -0.2) is 13.2 Å². The molecule has 21 heavy (non-hydrogen) atoms. The van der Waals surface area contributed by atoms with E-state index in [1.165, 1.54) is 5.56 Å². The summed E-state index contributed by atoms with van der Waals surface area (Å²) < 4.78 is 5.16. The normalized spacial score (nSPS) is 11.7. The van der Waals surface area contributed by atoms with Crippen LogP contribution in [0.4, 0.5) is 0 Å². The van der Waals surface area contributed by atoms with Gasteiger partial charge in [-0.15, -0.1) is 0 Å². The van der Waals surface area contributed by atoms with Crippen molar-refractivity contribution < 1.29 is 4.74 Å². The number of nitrogens with zero attached hydrogens (tertiary/aromatic N) is 1. The average Bonchev–Trinajstić information content (AvgIpc) is 2.54. The van der Waals surface area contributed by atoms with E-state index in [9.17, 15) is 0 Å². The fourth-order valence-corrected chi connectivity index (χ4v) is 2.23. The molecular formula is C18H20N2O. The van der Waals surface area contributed by atoms with Crippen molar-refractivity contribution >= 4 is 0 Å². The molecule has 0 spiro atoms. The van der Waals surface area contributed by atoms with Crippen LogP contribution >= 0.6 is 0 Å². The molecule has 0 aliphatic rings. The Kier molecular flexibility index (Phi) is 5.36. The highest BCUT2D eigenvalue weighted by molar-refractivity contribution is 5.32. The molecule has 1 atom stereocenters. The van der Waals surface area contributed by atoms with Gasteiger partial charge in [-0.05, 0) is 48.7 Å². The number of nitriles is 1. The molecule has 0 amide bonds. The minimum Gasteiger partial charge on any atom is -0.497 e. The molecule has 1 unspecified atom stereocenters. The highest BCUT2D eigenvalue weighted by Crippen LogP contribution is 2.13. The molecule has 0 saturated carbocycles. The lowest BCUT2D eigenvalue weighted by Crippen LogP contribution is -2.27. The molecule has 1 N–H and O–H groups in total. The Hall–Kier alpha value is -2.31. The summed E-state index contributed by atoms with van der Waals surface area (Å²) in [6, 6.07) is 18.4. The largest absolute Gasteiger partial charge is 0.497 e. The zero-order valence-corrected chi connectivity index (χ0v) is 12.5. The summed E-state index contributed by atoms with van der Waals surface area (Å²) in [5.74, 6) is 0.882. The molecule has 0 aliphatic carbocycles. The Labute approximate surface area is 126 Å². The number of rotatable bonds is 6. The van der Waals surface area contributed by atoms with E-state index in [1.54, 1.807) is 7.11 Å². The minimum atomic E-state index is 0.365. The monoisotopic (exact) mass is 280 g/mol. The van der Waals surface area contributed by atoms with Crippen LogP contribution in [0.5, 0.6) is 5.75 Å². The van der Waals surface area contributed by atoms with Gasteiger partial charge in [0.2, 0.25) is 0 Å². The first-order chi connectivity index (χ1) is 10.2. The minimum absolute atomic E-state index is 0.365. The highest BCUT2D eigenvalue weighted by atomic mass is 16.5. The van der Waals surface area contributed by atoms with Crippen molar-refractivity contribution in [2.75, 3.05) is 7.11 Å². The van der Waals surface area contributed by atoms with Gasteiger partial charge in [0.05, 0.1) is 18.7 Å². The summed E-state index contributed by atoms with van der Waals surface area (Å²) in [5.41, 5.74) is 3.12. The van der Waals surface area contributed by atoms with Gasteiger partial charge in [0.15, 0.2) is 0 Å². The van der Waals surface area contributed by atoms with E-state index in [2.05, 4.69) is 30.4 Å². The second-order valence-electron chi connectivity index (χ2n) is 5.15. The van der Waals surface area contributed by atoms with Crippen molar-refractivity contribution in [1.82, 2.24) is 5.32 Å². The number of nitrogens with one attached hydrogen (secondary N) is 1. The number of methoxy groups -OCH3 is 1. The molecule has 0 aliphatic heterocycles. The fourth-order valence-electron chi connectivity index (χ4n) is 2.23. The smallest absolute Gasteiger partial charge is 0.118 e. The van der Waals surface area contributed by atoms with Crippen molar-refractivity contribution in [3.05, 3.63) is 65.2 Å². The second kappa shape index (κ2) is 7.47. The topological polar surface area (TPSA) is 45.0 Å². The molecular weight excluding hydrogens is 260 g/mol. The quantitative estimate of drug-likeness (QED) is 0.883. The van der Waals surface area contributed by atoms with E-state index >= 15 is 0 Å². The fraction of sp³-hybridized carbons (Fsp3) is 0.278. The first-order valence-corrected chi connectivity index (χ1v) is 7.06. The maximum Gasteiger partial charge on any atom is 0.118 e. The van der Waals surface area contributed by atoms with Crippen LogP contribution in [-0.2, 0) is 13.0 Å². The average molecular weight is 280 g/mol. The standard InChI is InChI=1S/C18H20N2O/c1-14(10-15-6-8-18(21-2)9-7-15)20-13-17-5-3-4-16(11-17)12-19/h3-9,11,14,20H,10,13H2,1-2H3. The van der Waals surface area contributed by atoms with Gasteiger partial charge in [0.25, 0.3) is 0 Å². The van der Waals surface area contributed by atoms with E-state index in [-0.39, 0.29) is 0 Å². The molecule has 3 nitrogen and oxygen atoms in total. The molecule has 2 rings (SSSR count). The van der Waals surface area contributed by atoms with Crippen molar-refractivity contribution in [1.29, 1.82) is 5.26 Å². The zero-order chi connectivity index (χ0) is 15.1. The van der Waals surface area contributed by atoms with Crippen molar-refractivity contribution in [3.63, 3.8) is 0 Å². The van der Waals surface area contributed by atoms with E-state index in [4.69, 9.17) is 10.00 Å². The molecule has 0 bridgehead atoms. The van der Waals surface area contributed by atoms with Gasteiger partial charge in [0, 0.05) is 12.6 Å².